The zero-order valence-electron chi connectivity index (χ0n) is 16.8. The lowest BCUT2D eigenvalue weighted by atomic mass is 10.1. The van der Waals surface area contributed by atoms with Crippen molar-refractivity contribution in [1.29, 1.82) is 0 Å². The molecule has 0 radical (unpaired) electrons. The molecule has 3 aromatic heterocycles. The van der Waals surface area contributed by atoms with Crippen molar-refractivity contribution in [3.05, 3.63) is 76.0 Å². The Morgan fingerprint density at radius 3 is 2.77 bits per heavy atom. The number of fused-ring (bicyclic) bond motifs is 1. The molecule has 4 aromatic rings. The Kier molecular flexibility index (Phi) is 5.26. The second kappa shape index (κ2) is 8.35. The van der Waals surface area contributed by atoms with Gasteiger partial charge in [0.15, 0.2) is 11.5 Å². The van der Waals surface area contributed by atoms with Crippen LogP contribution in [0.4, 0.5) is 11.6 Å². The molecule has 7 heteroatoms. The number of piperidine rings is 1. The van der Waals surface area contributed by atoms with E-state index in [1.165, 1.54) is 24.0 Å². The number of nitrogens with one attached hydrogen (secondary N) is 1. The molecule has 4 heterocycles. The van der Waals surface area contributed by atoms with Gasteiger partial charge >= 0.3 is 0 Å². The lowest BCUT2D eigenvalue weighted by Gasteiger charge is -2.26. The highest BCUT2D eigenvalue weighted by Gasteiger charge is 2.18. The highest BCUT2D eigenvalue weighted by molar-refractivity contribution is 7.17. The number of hydrogen-bond donors (Lipinski definition) is 1. The number of rotatable bonds is 4. The Morgan fingerprint density at radius 1 is 1.10 bits per heavy atom. The van der Waals surface area contributed by atoms with E-state index in [4.69, 9.17) is 4.42 Å². The molecular weight excluding hydrogens is 410 g/mol. The van der Waals surface area contributed by atoms with Gasteiger partial charge in [0.2, 0.25) is 5.43 Å². The summed E-state index contributed by atoms with van der Waals surface area (Å²) in [6.07, 6.45) is 6.59. The first-order valence-corrected chi connectivity index (χ1v) is 11.2. The van der Waals surface area contributed by atoms with Gasteiger partial charge in [-0.05, 0) is 49.1 Å². The predicted molar refractivity (Wildman–Crippen MR) is 124 cm³/mol. The summed E-state index contributed by atoms with van der Waals surface area (Å²) >= 11 is 1.39. The van der Waals surface area contributed by atoms with Gasteiger partial charge in [-0.25, -0.2) is 0 Å². The maximum atomic E-state index is 12.7. The Morgan fingerprint density at radius 2 is 1.97 bits per heavy atom. The lowest BCUT2D eigenvalue weighted by Crippen LogP contribution is -2.29. The highest BCUT2D eigenvalue weighted by atomic mass is 32.1. The molecule has 0 unspecified atom stereocenters. The molecule has 0 spiro atoms. The van der Waals surface area contributed by atoms with E-state index in [0.29, 0.717) is 27.4 Å². The van der Waals surface area contributed by atoms with Crippen LogP contribution >= 0.6 is 11.3 Å². The van der Waals surface area contributed by atoms with Crippen molar-refractivity contribution in [1.82, 2.24) is 4.98 Å². The Labute approximate surface area is 183 Å². The summed E-state index contributed by atoms with van der Waals surface area (Å²) in [4.78, 5) is 31.3. The molecular formula is C24H21N3O3S. The number of benzene rings is 1. The minimum Gasteiger partial charge on any atom is -0.439 e. The van der Waals surface area contributed by atoms with Crippen LogP contribution in [-0.4, -0.2) is 24.0 Å². The number of pyridine rings is 1. The first-order valence-electron chi connectivity index (χ1n) is 10.3. The largest absolute Gasteiger partial charge is 0.439 e. The van der Waals surface area contributed by atoms with Gasteiger partial charge in [0, 0.05) is 48.2 Å². The molecule has 0 saturated carbocycles. The van der Waals surface area contributed by atoms with Crippen molar-refractivity contribution in [2.24, 2.45) is 0 Å². The smallest absolute Gasteiger partial charge is 0.257 e. The summed E-state index contributed by atoms with van der Waals surface area (Å²) in [6.45, 7) is 1.81. The van der Waals surface area contributed by atoms with E-state index < -0.39 is 0 Å². The molecule has 0 aliphatic carbocycles. The molecule has 6 nitrogen and oxygen atoms in total. The second-order valence-corrected chi connectivity index (χ2v) is 8.46. The van der Waals surface area contributed by atoms with Crippen molar-refractivity contribution in [3.8, 4) is 11.1 Å². The van der Waals surface area contributed by atoms with Gasteiger partial charge in [0.05, 0.1) is 5.56 Å². The third-order valence-corrected chi connectivity index (χ3v) is 6.43. The number of hydrogen-bond acceptors (Lipinski definition) is 6. The maximum Gasteiger partial charge on any atom is 0.257 e. The van der Waals surface area contributed by atoms with E-state index in [2.05, 4.69) is 15.2 Å². The normalized spacial score (nSPS) is 14.0. The number of amides is 1. The van der Waals surface area contributed by atoms with Gasteiger partial charge in [-0.15, -0.1) is 11.3 Å². The molecule has 1 aromatic carbocycles. The molecule has 5 rings (SSSR count). The van der Waals surface area contributed by atoms with E-state index >= 15 is 0 Å². The van der Waals surface area contributed by atoms with Gasteiger partial charge in [-0.2, -0.15) is 0 Å². The molecule has 1 amide bonds. The van der Waals surface area contributed by atoms with Crippen LogP contribution < -0.4 is 15.6 Å². The third-order valence-electron chi connectivity index (χ3n) is 5.45. The number of anilines is 2. The molecule has 31 heavy (non-hydrogen) atoms. The zero-order chi connectivity index (χ0) is 21.2. The zero-order valence-corrected chi connectivity index (χ0v) is 17.7. The van der Waals surface area contributed by atoms with E-state index in [9.17, 15) is 9.59 Å². The summed E-state index contributed by atoms with van der Waals surface area (Å²) in [5.41, 5.74) is 3.49. The predicted octanol–water partition coefficient (Wildman–Crippen LogP) is 5.16. The average molecular weight is 432 g/mol. The standard InChI is InChI=1S/C24H21N3O3S/c28-20-13-21(27-10-2-1-3-11-27)30-22-19(15-31-23(20)22)16-6-4-8-18(12-16)26-24(29)17-7-5-9-25-14-17/h4-9,12-15H,1-3,10-11H2,(H,26,29). The quantitative estimate of drug-likeness (QED) is 0.483. The third kappa shape index (κ3) is 3.96. The van der Waals surface area contributed by atoms with Crippen LogP contribution in [0.15, 0.2) is 69.5 Å². The summed E-state index contributed by atoms with van der Waals surface area (Å²) in [5, 5.41) is 4.85. The van der Waals surface area contributed by atoms with Crippen LogP contribution in [-0.2, 0) is 0 Å². The monoisotopic (exact) mass is 431 g/mol. The molecule has 1 N–H and O–H groups in total. The number of nitrogens with zero attached hydrogens (tertiary/aromatic N) is 2. The van der Waals surface area contributed by atoms with Crippen molar-refractivity contribution < 1.29 is 9.21 Å². The van der Waals surface area contributed by atoms with Crippen LogP contribution in [0, 0.1) is 0 Å². The number of aromatic nitrogens is 1. The van der Waals surface area contributed by atoms with E-state index in [1.807, 2.05) is 29.6 Å². The van der Waals surface area contributed by atoms with E-state index in [0.717, 1.165) is 37.1 Å². The lowest BCUT2D eigenvalue weighted by molar-refractivity contribution is 0.102. The van der Waals surface area contributed by atoms with Crippen LogP contribution in [0.25, 0.3) is 21.4 Å². The fourth-order valence-electron chi connectivity index (χ4n) is 3.86. The van der Waals surface area contributed by atoms with Gasteiger partial charge in [0.25, 0.3) is 5.91 Å². The van der Waals surface area contributed by atoms with Gasteiger partial charge in [-0.1, -0.05) is 12.1 Å². The molecule has 1 saturated heterocycles. The Bertz CT molecular complexity index is 1290. The molecule has 0 bridgehead atoms. The van der Waals surface area contributed by atoms with Crippen molar-refractivity contribution in [3.63, 3.8) is 0 Å². The van der Waals surface area contributed by atoms with E-state index in [-0.39, 0.29) is 11.3 Å². The first-order chi connectivity index (χ1) is 15.2. The second-order valence-electron chi connectivity index (χ2n) is 7.58. The minimum atomic E-state index is -0.223. The highest BCUT2D eigenvalue weighted by Crippen LogP contribution is 2.35. The fourth-order valence-corrected chi connectivity index (χ4v) is 4.78. The fraction of sp³-hybridized carbons (Fsp3) is 0.208. The summed E-state index contributed by atoms with van der Waals surface area (Å²) < 4.78 is 6.85. The van der Waals surface area contributed by atoms with Crippen molar-refractivity contribution in [2.45, 2.75) is 19.3 Å². The molecule has 1 aliphatic rings. The molecule has 1 aliphatic heterocycles. The number of thiophene rings is 1. The number of carbonyl (C=O) groups excluding carboxylic acids is 1. The van der Waals surface area contributed by atoms with Crippen LogP contribution in [0.2, 0.25) is 0 Å². The van der Waals surface area contributed by atoms with Gasteiger partial charge < -0.3 is 14.6 Å². The summed E-state index contributed by atoms with van der Waals surface area (Å²) in [7, 11) is 0. The molecule has 0 atom stereocenters. The van der Waals surface area contributed by atoms with Crippen molar-refractivity contribution >= 4 is 39.1 Å². The van der Waals surface area contributed by atoms with E-state index in [1.54, 1.807) is 24.4 Å². The SMILES string of the molecule is O=C(Nc1cccc(-c2csc3c(=O)cc(N4CCCCC4)oc23)c1)c1cccnc1. The average Bonchev–Trinajstić information content (AvgIpc) is 3.25. The van der Waals surface area contributed by atoms with Crippen LogP contribution in [0.3, 0.4) is 0 Å². The number of carbonyl (C=O) groups is 1. The van der Waals surface area contributed by atoms with Crippen LogP contribution in [0.5, 0.6) is 0 Å². The Hall–Kier alpha value is -3.45. The summed E-state index contributed by atoms with van der Waals surface area (Å²) in [5.74, 6) is 0.414. The topological polar surface area (TPSA) is 75.4 Å². The van der Waals surface area contributed by atoms with Gasteiger partial charge in [-0.3, -0.25) is 14.6 Å². The minimum absolute atomic E-state index is 0.0147. The Balaban J connectivity index is 1.49. The maximum absolute atomic E-state index is 12.7. The van der Waals surface area contributed by atoms with Gasteiger partial charge in [0.1, 0.15) is 4.70 Å². The van der Waals surface area contributed by atoms with Crippen LogP contribution in [0.1, 0.15) is 29.6 Å². The summed E-state index contributed by atoms with van der Waals surface area (Å²) in [6, 6.07) is 12.6. The van der Waals surface area contributed by atoms with Crippen molar-refractivity contribution in [2.75, 3.05) is 23.3 Å². The first kappa shape index (κ1) is 19.5. The molecule has 156 valence electrons. The molecule has 1 fully saturated rings.